The van der Waals surface area contributed by atoms with Crippen molar-refractivity contribution in [3.8, 4) is 39.5 Å². The van der Waals surface area contributed by atoms with Gasteiger partial charge in [0.25, 0.3) is 0 Å². The number of β-amino-alcohol motifs (C(OH)–C–C–N with tert-alkyl or cyclic N) is 1. The van der Waals surface area contributed by atoms with Crippen molar-refractivity contribution in [3.63, 3.8) is 0 Å². The van der Waals surface area contributed by atoms with Crippen LogP contribution in [0, 0.1) is 0 Å². The first-order valence-electron chi connectivity index (χ1n) is 16.9. The van der Waals surface area contributed by atoms with Crippen molar-refractivity contribution in [2.75, 3.05) is 33.4 Å². The van der Waals surface area contributed by atoms with Crippen molar-refractivity contribution in [2.45, 2.75) is 38.5 Å². The fraction of sp³-hybridized carbons (Fsp3) is 0.316. The molecule has 2 aromatic carbocycles. The van der Waals surface area contributed by atoms with E-state index < -0.39 is 6.09 Å². The van der Waals surface area contributed by atoms with Crippen LogP contribution in [0.5, 0.6) is 5.88 Å². The summed E-state index contributed by atoms with van der Waals surface area (Å²) < 4.78 is 13.2. The summed E-state index contributed by atoms with van der Waals surface area (Å²) in [6.45, 7) is 2.79. The Morgan fingerprint density at radius 3 is 2.69 bits per heavy atom. The number of hydrogen-bond donors (Lipinski definition) is 3. The minimum absolute atomic E-state index is 0.0162. The van der Waals surface area contributed by atoms with Gasteiger partial charge in [0.15, 0.2) is 0 Å². The zero-order chi connectivity index (χ0) is 35.6. The Hall–Kier alpha value is -4.68. The fourth-order valence-corrected chi connectivity index (χ4v) is 7.68. The second-order valence-electron chi connectivity index (χ2n) is 12.8. The fourth-order valence-electron chi connectivity index (χ4n) is 7.04. The predicted molar refractivity (Wildman–Crippen MR) is 197 cm³/mol. The molecule has 5 aromatic rings. The van der Waals surface area contributed by atoms with Crippen molar-refractivity contribution < 1.29 is 24.2 Å². The number of carbonyl (C=O) groups excluding carboxylic acids is 2. The van der Waals surface area contributed by atoms with Gasteiger partial charge in [-0.2, -0.15) is 0 Å². The second-order valence-corrected chi connectivity index (χ2v) is 13.5. The molecule has 1 fully saturated rings. The zero-order valence-corrected chi connectivity index (χ0v) is 29.9. The van der Waals surface area contributed by atoms with Crippen molar-refractivity contribution in [1.82, 2.24) is 30.1 Å². The third-order valence-electron chi connectivity index (χ3n) is 9.70. The molecule has 2 amide bonds. The van der Waals surface area contributed by atoms with E-state index in [0.29, 0.717) is 64.4 Å². The first-order chi connectivity index (χ1) is 24.7. The van der Waals surface area contributed by atoms with E-state index in [4.69, 9.17) is 42.6 Å². The lowest BCUT2D eigenvalue weighted by atomic mass is 9.99. The molecule has 1 atom stereocenters. The number of rotatable bonds is 10. The quantitative estimate of drug-likeness (QED) is 0.156. The van der Waals surface area contributed by atoms with Crippen LogP contribution >= 0.6 is 23.2 Å². The number of halogens is 2. The molecular weight excluding hydrogens is 691 g/mol. The van der Waals surface area contributed by atoms with E-state index in [9.17, 15) is 14.7 Å². The van der Waals surface area contributed by atoms with Crippen molar-refractivity contribution in [2.24, 2.45) is 7.05 Å². The van der Waals surface area contributed by atoms with Crippen LogP contribution < -0.4 is 15.4 Å². The van der Waals surface area contributed by atoms with Gasteiger partial charge in [0.2, 0.25) is 11.8 Å². The SMILES string of the molecule is COc1nc(-c2cccc(-c3ccnc(-c4ccc5c6c(n(C)c5c4)CCN(CCO)C6)c3Cl)c2Cl)ccc1COC(=O)NC[C@@H]1CCC(=O)N1. The smallest absolute Gasteiger partial charge is 0.407 e. The van der Waals surface area contributed by atoms with Gasteiger partial charge in [-0.1, -0.05) is 53.5 Å². The number of amides is 2. The van der Waals surface area contributed by atoms with Crippen molar-refractivity contribution >= 4 is 46.1 Å². The maximum Gasteiger partial charge on any atom is 0.407 e. The molecule has 0 bridgehead atoms. The molecule has 5 heterocycles. The normalized spacial score (nSPS) is 15.9. The number of alkyl carbamates (subject to hydrolysis) is 1. The molecular formula is C38H38Cl2N6O5. The topological polar surface area (TPSA) is 131 Å². The molecule has 7 rings (SSSR count). The number of fused-ring (bicyclic) bond motifs is 3. The van der Waals surface area contributed by atoms with E-state index in [2.05, 4.69) is 45.3 Å². The van der Waals surface area contributed by atoms with Crippen molar-refractivity contribution in [3.05, 3.63) is 87.7 Å². The van der Waals surface area contributed by atoms with Crippen LogP contribution in [-0.2, 0) is 36.2 Å². The number of ether oxygens (including phenoxy) is 2. The minimum atomic E-state index is -0.597. The first kappa shape index (κ1) is 34.8. The summed E-state index contributed by atoms with van der Waals surface area (Å²) in [4.78, 5) is 35.4. The average Bonchev–Trinajstić information content (AvgIpc) is 3.69. The first-order valence-corrected chi connectivity index (χ1v) is 17.6. The molecule has 0 aliphatic carbocycles. The Labute approximate surface area is 305 Å². The van der Waals surface area contributed by atoms with E-state index in [0.717, 1.165) is 41.7 Å². The summed E-state index contributed by atoms with van der Waals surface area (Å²) in [5.41, 5.74) is 8.58. The standard InChI is InChI=1S/C38H38Cl2N6O5/c1-45-31-13-15-46(16-17-47)20-29(31)25-9-6-22(18-32(25)45)36-35(40)27(12-14-41-36)26-4-3-5-28(34(26)39)30-10-7-23(37(44-30)50-2)21-51-38(49)42-19-24-8-11-33(48)43-24/h3-7,9-10,12,14,18,24,47H,8,11,13,15-17,19-21H2,1-2H3,(H,42,49)(H,43,48)/t24-/m0/s1. The van der Waals surface area contributed by atoms with E-state index in [1.165, 1.54) is 23.8 Å². The summed E-state index contributed by atoms with van der Waals surface area (Å²) in [5, 5.41) is 17.1. The minimum Gasteiger partial charge on any atom is -0.481 e. The number of aliphatic hydroxyl groups is 1. The van der Waals surface area contributed by atoms with Gasteiger partial charge in [-0.3, -0.25) is 14.7 Å². The third-order valence-corrected chi connectivity index (χ3v) is 10.5. The molecule has 0 unspecified atom stereocenters. The Balaban J connectivity index is 1.12. The molecule has 1 saturated heterocycles. The highest BCUT2D eigenvalue weighted by atomic mass is 35.5. The molecule has 3 aromatic heterocycles. The van der Waals surface area contributed by atoms with Gasteiger partial charge >= 0.3 is 6.09 Å². The van der Waals surface area contributed by atoms with Crippen LogP contribution in [0.25, 0.3) is 44.5 Å². The van der Waals surface area contributed by atoms with Crippen LogP contribution in [0.1, 0.15) is 29.7 Å². The number of aromatic nitrogens is 3. The number of methoxy groups -OCH3 is 1. The molecule has 264 valence electrons. The molecule has 0 radical (unpaired) electrons. The monoisotopic (exact) mass is 728 g/mol. The van der Waals surface area contributed by atoms with Crippen LogP contribution in [0.2, 0.25) is 10.0 Å². The molecule has 0 spiro atoms. The summed E-state index contributed by atoms with van der Waals surface area (Å²) in [6.07, 6.45) is 3.20. The largest absolute Gasteiger partial charge is 0.481 e. The number of nitrogens with zero attached hydrogens (tertiary/aromatic N) is 4. The maximum absolute atomic E-state index is 12.3. The lowest BCUT2D eigenvalue weighted by molar-refractivity contribution is -0.119. The molecule has 13 heteroatoms. The van der Waals surface area contributed by atoms with Crippen LogP contribution in [0.4, 0.5) is 4.79 Å². The van der Waals surface area contributed by atoms with E-state index >= 15 is 0 Å². The van der Waals surface area contributed by atoms with E-state index in [-0.39, 0.29) is 25.2 Å². The molecule has 11 nitrogen and oxygen atoms in total. The molecule has 2 aliphatic heterocycles. The van der Waals surface area contributed by atoms with Gasteiger partial charge in [0.1, 0.15) is 6.61 Å². The van der Waals surface area contributed by atoms with Gasteiger partial charge in [-0.05, 0) is 36.2 Å². The third kappa shape index (κ3) is 6.99. The Morgan fingerprint density at radius 1 is 1.08 bits per heavy atom. The number of hydrogen-bond acceptors (Lipinski definition) is 8. The van der Waals surface area contributed by atoms with E-state index in [1.54, 1.807) is 18.3 Å². The summed E-state index contributed by atoms with van der Waals surface area (Å²) in [6, 6.07) is 17.4. The number of carbonyl (C=O) groups is 2. The van der Waals surface area contributed by atoms with Crippen molar-refractivity contribution in [1.29, 1.82) is 0 Å². The molecule has 3 N–H and O–H groups in total. The number of benzene rings is 2. The van der Waals surface area contributed by atoms with Crippen LogP contribution in [0.3, 0.4) is 0 Å². The maximum atomic E-state index is 12.3. The Bertz CT molecular complexity index is 2140. The average molecular weight is 730 g/mol. The van der Waals surface area contributed by atoms with Crippen LogP contribution in [0.15, 0.2) is 60.8 Å². The Kier molecular flexibility index (Phi) is 10.1. The highest BCUT2D eigenvalue weighted by molar-refractivity contribution is 6.39. The van der Waals surface area contributed by atoms with E-state index in [1.807, 2.05) is 24.3 Å². The second kappa shape index (κ2) is 14.9. The lowest BCUT2D eigenvalue weighted by Crippen LogP contribution is -2.38. The lowest BCUT2D eigenvalue weighted by Gasteiger charge is -2.26. The number of pyridine rings is 2. The summed E-state index contributed by atoms with van der Waals surface area (Å²) in [5.74, 6) is 0.283. The molecule has 2 aliphatic rings. The highest BCUT2D eigenvalue weighted by Gasteiger charge is 2.25. The van der Waals surface area contributed by atoms with Gasteiger partial charge in [-0.15, -0.1) is 0 Å². The zero-order valence-electron chi connectivity index (χ0n) is 28.3. The van der Waals surface area contributed by atoms with Gasteiger partial charge < -0.3 is 29.8 Å². The van der Waals surface area contributed by atoms with Gasteiger partial charge in [0, 0.05) is 97.2 Å². The summed E-state index contributed by atoms with van der Waals surface area (Å²) in [7, 11) is 3.60. The summed E-state index contributed by atoms with van der Waals surface area (Å²) >= 11 is 14.2. The molecule has 51 heavy (non-hydrogen) atoms. The number of nitrogens with one attached hydrogen (secondary N) is 2. The van der Waals surface area contributed by atoms with Gasteiger partial charge in [-0.25, -0.2) is 9.78 Å². The number of aliphatic hydroxyl groups excluding tert-OH is 1. The Morgan fingerprint density at radius 2 is 1.90 bits per heavy atom. The van der Waals surface area contributed by atoms with Crippen LogP contribution in [-0.4, -0.2) is 75.9 Å². The number of aryl methyl sites for hydroxylation is 1. The van der Waals surface area contributed by atoms with Gasteiger partial charge in [0.05, 0.1) is 40.7 Å². The molecule has 0 saturated carbocycles. The predicted octanol–water partition coefficient (Wildman–Crippen LogP) is 6.14. The highest BCUT2D eigenvalue weighted by Crippen LogP contribution is 2.42.